The Kier molecular flexibility index (Phi) is 3.56. The number of hydrogen-bond donors (Lipinski definition) is 1. The molecular weight excluding hydrogens is 276 g/mol. The van der Waals surface area contributed by atoms with Gasteiger partial charge in [-0.3, -0.25) is 0 Å². The van der Waals surface area contributed by atoms with E-state index in [4.69, 9.17) is 4.42 Å². The van der Waals surface area contributed by atoms with Gasteiger partial charge in [0, 0.05) is 22.8 Å². The molecule has 0 atom stereocenters. The molecule has 0 saturated carbocycles. The molecule has 0 unspecified atom stereocenters. The highest BCUT2D eigenvalue weighted by Gasteiger charge is 2.02. The molecule has 0 fully saturated rings. The van der Waals surface area contributed by atoms with E-state index >= 15 is 0 Å². The fourth-order valence-corrected chi connectivity index (χ4v) is 2.70. The van der Waals surface area contributed by atoms with Crippen molar-refractivity contribution >= 4 is 27.3 Å². The summed E-state index contributed by atoms with van der Waals surface area (Å²) in [5, 5.41) is 5.37. The van der Waals surface area contributed by atoms with Crippen LogP contribution in [0.5, 0.6) is 0 Å². The third-order valence-corrected chi connectivity index (χ3v) is 3.87. The highest BCUT2D eigenvalue weighted by Crippen LogP contribution is 2.22. The Balaban J connectivity index is 1.83. The van der Waals surface area contributed by atoms with E-state index in [0.29, 0.717) is 12.4 Å². The summed E-state index contributed by atoms with van der Waals surface area (Å²) in [6.45, 7) is 3.41. The van der Waals surface area contributed by atoms with Crippen LogP contribution in [-0.4, -0.2) is 4.98 Å². The minimum absolute atomic E-state index is 0.712. The lowest BCUT2D eigenvalue weighted by Crippen LogP contribution is -2.11. The van der Waals surface area contributed by atoms with Crippen LogP contribution in [0.15, 0.2) is 26.5 Å². The molecule has 0 aliphatic rings. The van der Waals surface area contributed by atoms with E-state index in [9.17, 15) is 0 Å². The van der Waals surface area contributed by atoms with Gasteiger partial charge >= 0.3 is 0 Å². The molecule has 2 aromatic rings. The fourth-order valence-electron chi connectivity index (χ4n) is 1.24. The smallest absolute Gasteiger partial charge is 0.191 e. The molecule has 0 aromatic carbocycles. The zero-order valence-corrected chi connectivity index (χ0v) is 10.7. The maximum Gasteiger partial charge on any atom is 0.191 e. The van der Waals surface area contributed by atoms with E-state index < -0.39 is 0 Å². The van der Waals surface area contributed by atoms with Crippen molar-refractivity contribution in [3.05, 3.63) is 38.6 Å². The number of nitrogens with one attached hydrogen (secondary N) is 1. The van der Waals surface area contributed by atoms with Gasteiger partial charge in [-0.15, -0.1) is 11.3 Å². The van der Waals surface area contributed by atoms with Crippen molar-refractivity contribution in [2.24, 2.45) is 0 Å². The van der Waals surface area contributed by atoms with E-state index in [1.54, 1.807) is 17.5 Å². The maximum absolute atomic E-state index is 5.35. The fraction of sp³-hybridized carbons (Fsp3) is 0.300. The van der Waals surface area contributed by atoms with Crippen molar-refractivity contribution in [2.45, 2.75) is 20.0 Å². The third-order valence-electron chi connectivity index (χ3n) is 1.94. The highest BCUT2D eigenvalue weighted by atomic mass is 79.9. The molecule has 2 aromatic heterocycles. The minimum Gasteiger partial charge on any atom is -0.445 e. The molecule has 0 bridgehead atoms. The van der Waals surface area contributed by atoms with Gasteiger partial charge in [0.1, 0.15) is 5.76 Å². The number of nitrogens with zero attached hydrogens (tertiary/aromatic N) is 1. The summed E-state index contributed by atoms with van der Waals surface area (Å²) in [4.78, 5) is 5.33. The van der Waals surface area contributed by atoms with Gasteiger partial charge in [-0.1, -0.05) is 0 Å². The lowest BCUT2D eigenvalue weighted by molar-refractivity contribution is 0.455. The molecule has 0 amide bonds. The number of oxazole rings is 1. The van der Waals surface area contributed by atoms with Crippen molar-refractivity contribution in [1.82, 2.24) is 10.3 Å². The monoisotopic (exact) mass is 286 g/mol. The normalized spacial score (nSPS) is 10.8. The second-order valence-electron chi connectivity index (χ2n) is 3.14. The molecule has 0 spiro atoms. The summed E-state index contributed by atoms with van der Waals surface area (Å²) >= 11 is 5.23. The van der Waals surface area contributed by atoms with Gasteiger partial charge in [-0.25, -0.2) is 4.98 Å². The highest BCUT2D eigenvalue weighted by molar-refractivity contribution is 9.10. The molecular formula is C10H11BrN2OS. The van der Waals surface area contributed by atoms with Crippen LogP contribution in [0.25, 0.3) is 0 Å². The molecule has 15 heavy (non-hydrogen) atoms. The molecule has 0 radical (unpaired) electrons. The maximum atomic E-state index is 5.35. The van der Waals surface area contributed by atoms with Crippen molar-refractivity contribution < 1.29 is 4.42 Å². The Bertz CT molecular complexity index is 438. The zero-order chi connectivity index (χ0) is 10.7. The van der Waals surface area contributed by atoms with Crippen molar-refractivity contribution in [3.63, 3.8) is 0 Å². The van der Waals surface area contributed by atoms with E-state index in [0.717, 1.165) is 16.8 Å². The SMILES string of the molecule is Cc1ncc(CNCc2sccc2Br)o1. The first-order chi connectivity index (χ1) is 7.25. The van der Waals surface area contributed by atoms with Crippen LogP contribution < -0.4 is 5.32 Å². The van der Waals surface area contributed by atoms with Crippen LogP contribution in [0, 0.1) is 6.92 Å². The molecule has 0 aliphatic heterocycles. The summed E-state index contributed by atoms with van der Waals surface area (Å²) in [6.07, 6.45) is 1.76. The van der Waals surface area contributed by atoms with Gasteiger partial charge in [0.05, 0.1) is 12.7 Å². The predicted molar refractivity (Wildman–Crippen MR) is 63.8 cm³/mol. The summed E-state index contributed by atoms with van der Waals surface area (Å²) < 4.78 is 6.51. The Hall–Kier alpha value is -0.650. The quantitative estimate of drug-likeness (QED) is 0.939. The molecule has 2 rings (SSSR count). The number of aryl methyl sites for hydroxylation is 1. The van der Waals surface area contributed by atoms with Crippen LogP contribution in [-0.2, 0) is 13.1 Å². The molecule has 0 saturated heterocycles. The van der Waals surface area contributed by atoms with Gasteiger partial charge in [0.25, 0.3) is 0 Å². The first kappa shape index (κ1) is 10.9. The lowest BCUT2D eigenvalue weighted by atomic mass is 10.4. The minimum atomic E-state index is 0.712. The Morgan fingerprint density at radius 1 is 1.53 bits per heavy atom. The van der Waals surface area contributed by atoms with Gasteiger partial charge in [0.2, 0.25) is 0 Å². The van der Waals surface area contributed by atoms with Gasteiger partial charge in [0.15, 0.2) is 5.89 Å². The number of aromatic nitrogens is 1. The Morgan fingerprint density at radius 3 is 3.00 bits per heavy atom. The second kappa shape index (κ2) is 4.92. The first-order valence-electron chi connectivity index (χ1n) is 4.59. The number of rotatable bonds is 4. The summed E-state index contributed by atoms with van der Waals surface area (Å²) in [5.41, 5.74) is 0. The molecule has 1 N–H and O–H groups in total. The van der Waals surface area contributed by atoms with Crippen LogP contribution in [0.3, 0.4) is 0 Å². The van der Waals surface area contributed by atoms with Crippen molar-refractivity contribution in [1.29, 1.82) is 0 Å². The van der Waals surface area contributed by atoms with E-state index in [-0.39, 0.29) is 0 Å². The Labute approximate surface area is 101 Å². The first-order valence-corrected chi connectivity index (χ1v) is 6.27. The number of hydrogen-bond acceptors (Lipinski definition) is 4. The average molecular weight is 287 g/mol. The molecule has 0 aliphatic carbocycles. The largest absolute Gasteiger partial charge is 0.445 e. The number of thiophene rings is 1. The summed E-state index contributed by atoms with van der Waals surface area (Å²) in [7, 11) is 0. The summed E-state index contributed by atoms with van der Waals surface area (Å²) in [6, 6.07) is 2.06. The van der Waals surface area contributed by atoms with E-state index in [1.807, 2.05) is 6.92 Å². The molecule has 2 heterocycles. The zero-order valence-electron chi connectivity index (χ0n) is 8.29. The molecule has 80 valence electrons. The molecule has 5 heteroatoms. The van der Waals surface area contributed by atoms with E-state index in [1.165, 1.54) is 4.88 Å². The summed E-state index contributed by atoms with van der Waals surface area (Å²) in [5.74, 6) is 1.59. The number of halogens is 1. The van der Waals surface area contributed by atoms with Crippen LogP contribution in [0.2, 0.25) is 0 Å². The Morgan fingerprint density at radius 2 is 2.40 bits per heavy atom. The van der Waals surface area contributed by atoms with Gasteiger partial charge < -0.3 is 9.73 Å². The van der Waals surface area contributed by atoms with Gasteiger partial charge in [-0.05, 0) is 27.4 Å². The average Bonchev–Trinajstić information content (AvgIpc) is 2.77. The predicted octanol–water partition coefficient (Wildman–Crippen LogP) is 3.10. The lowest BCUT2D eigenvalue weighted by Gasteiger charge is -2.00. The molecule has 3 nitrogen and oxygen atoms in total. The second-order valence-corrected chi connectivity index (χ2v) is 5.00. The van der Waals surface area contributed by atoms with Crippen LogP contribution in [0.4, 0.5) is 0 Å². The van der Waals surface area contributed by atoms with Gasteiger partial charge in [-0.2, -0.15) is 0 Å². The van der Waals surface area contributed by atoms with E-state index in [2.05, 4.69) is 37.7 Å². The third kappa shape index (κ3) is 2.90. The van der Waals surface area contributed by atoms with Crippen molar-refractivity contribution in [2.75, 3.05) is 0 Å². The standard InChI is InChI=1S/C10H11BrN2OS/c1-7-13-5-8(14-7)4-12-6-10-9(11)2-3-15-10/h2-3,5,12H,4,6H2,1H3. The van der Waals surface area contributed by atoms with Crippen LogP contribution in [0.1, 0.15) is 16.5 Å². The van der Waals surface area contributed by atoms with Crippen molar-refractivity contribution in [3.8, 4) is 0 Å². The topological polar surface area (TPSA) is 38.1 Å². The van der Waals surface area contributed by atoms with Crippen LogP contribution >= 0.6 is 27.3 Å².